The van der Waals surface area contributed by atoms with E-state index in [4.69, 9.17) is 0 Å². The monoisotopic (exact) mass is 238 g/mol. The van der Waals surface area contributed by atoms with E-state index >= 15 is 0 Å². The Bertz CT molecular complexity index is 342. The van der Waals surface area contributed by atoms with Crippen LogP contribution in [0, 0.1) is 0 Å². The molecule has 0 amide bonds. The molecule has 0 aliphatic heterocycles. The first-order valence-corrected chi connectivity index (χ1v) is 7.20. The predicted octanol–water partition coefficient (Wildman–Crippen LogP) is 3.88. The Morgan fingerprint density at radius 2 is 1.75 bits per heavy atom. The average Bonchev–Trinajstić information content (AvgIpc) is 2.15. The molecule has 0 aromatic carbocycles. The van der Waals surface area contributed by atoms with Crippen LogP contribution in [-0.2, 0) is 5.16 Å². The highest BCUT2D eigenvalue weighted by atomic mass is 31.1. The summed E-state index contributed by atoms with van der Waals surface area (Å²) in [5.41, 5.74) is 2.22. The highest BCUT2D eigenvalue weighted by Crippen LogP contribution is 2.42. The van der Waals surface area contributed by atoms with Gasteiger partial charge in [-0.2, -0.15) is 4.57 Å². The van der Waals surface area contributed by atoms with Crippen LogP contribution >= 0.6 is 8.58 Å². The van der Waals surface area contributed by atoms with Crippen molar-refractivity contribution in [1.82, 2.24) is 0 Å². The van der Waals surface area contributed by atoms with Crippen molar-refractivity contribution in [1.29, 1.82) is 0 Å². The molecule has 0 radical (unpaired) electrons. The third kappa shape index (κ3) is 3.28. The Kier molecular flexibility index (Phi) is 4.50. The van der Waals surface area contributed by atoms with Gasteiger partial charge in [-0.15, -0.1) is 8.58 Å². The third-order valence-electron chi connectivity index (χ3n) is 2.74. The minimum absolute atomic E-state index is 0.277. The molecule has 0 bridgehead atoms. The van der Waals surface area contributed by atoms with E-state index in [0.29, 0.717) is 6.04 Å². The number of rotatable bonds is 4. The second-order valence-electron chi connectivity index (χ2n) is 5.51. The lowest BCUT2D eigenvalue weighted by Crippen LogP contribution is -2.44. The van der Waals surface area contributed by atoms with Crippen molar-refractivity contribution < 1.29 is 4.57 Å². The van der Waals surface area contributed by atoms with Crippen LogP contribution in [0.1, 0.15) is 53.3 Å². The summed E-state index contributed by atoms with van der Waals surface area (Å²) >= 11 is 0. The van der Waals surface area contributed by atoms with Gasteiger partial charge in [0.15, 0.2) is 17.9 Å². The molecular weight excluding hydrogens is 213 g/mol. The van der Waals surface area contributed by atoms with Gasteiger partial charge in [-0.1, -0.05) is 19.9 Å². The molecule has 1 aromatic rings. The first-order chi connectivity index (χ1) is 7.34. The molecule has 0 saturated carbocycles. The fraction of sp³-hybridized carbons (Fsp3) is 0.643. The second-order valence-corrected chi connectivity index (χ2v) is 8.20. The summed E-state index contributed by atoms with van der Waals surface area (Å²) in [5, 5.41) is 0.277. The van der Waals surface area contributed by atoms with Crippen LogP contribution in [0.2, 0.25) is 0 Å². The lowest BCUT2D eigenvalue weighted by atomic mass is 10.1. The van der Waals surface area contributed by atoms with E-state index in [1.54, 1.807) is 0 Å². The lowest BCUT2D eigenvalue weighted by Gasteiger charge is -2.25. The maximum absolute atomic E-state index is 2.40. The largest absolute Gasteiger partial charge is 0.200 e. The van der Waals surface area contributed by atoms with Crippen LogP contribution in [0.5, 0.6) is 0 Å². The fourth-order valence-electron chi connectivity index (χ4n) is 2.23. The Morgan fingerprint density at radius 1 is 1.12 bits per heavy atom. The molecule has 16 heavy (non-hydrogen) atoms. The second kappa shape index (κ2) is 5.27. The lowest BCUT2D eigenvalue weighted by molar-refractivity contribution is -0.724. The Hall–Kier alpha value is -0.420. The predicted molar refractivity (Wildman–Crippen MR) is 73.5 cm³/mol. The summed E-state index contributed by atoms with van der Waals surface area (Å²) in [7, 11) is 0.961. The molecule has 1 atom stereocenters. The molecule has 2 heteroatoms. The average molecular weight is 238 g/mol. The Balaban J connectivity index is 3.11. The van der Waals surface area contributed by atoms with Gasteiger partial charge in [0.1, 0.15) is 0 Å². The number of pyridine rings is 1. The van der Waals surface area contributed by atoms with Crippen molar-refractivity contribution in [3.8, 4) is 0 Å². The van der Waals surface area contributed by atoms with Gasteiger partial charge in [-0.05, 0) is 33.4 Å². The zero-order valence-corrected chi connectivity index (χ0v) is 12.4. The van der Waals surface area contributed by atoms with Crippen LogP contribution in [0.4, 0.5) is 0 Å². The van der Waals surface area contributed by atoms with Gasteiger partial charge in [0.05, 0.1) is 5.16 Å². The van der Waals surface area contributed by atoms with Crippen molar-refractivity contribution >= 4 is 8.58 Å². The van der Waals surface area contributed by atoms with Crippen LogP contribution in [0.15, 0.2) is 24.4 Å². The molecule has 0 aliphatic carbocycles. The summed E-state index contributed by atoms with van der Waals surface area (Å²) in [6.45, 7) is 13.8. The summed E-state index contributed by atoms with van der Waals surface area (Å²) < 4.78 is 2.40. The van der Waals surface area contributed by atoms with E-state index in [0.717, 1.165) is 14.2 Å². The van der Waals surface area contributed by atoms with E-state index in [2.05, 4.69) is 70.5 Å². The highest BCUT2D eigenvalue weighted by molar-refractivity contribution is 7.40. The van der Waals surface area contributed by atoms with Crippen LogP contribution in [0.25, 0.3) is 0 Å². The van der Waals surface area contributed by atoms with Gasteiger partial charge in [-0.25, -0.2) is 0 Å². The van der Waals surface area contributed by atoms with Crippen LogP contribution < -0.4 is 4.57 Å². The van der Waals surface area contributed by atoms with Gasteiger partial charge in [-0.3, -0.25) is 0 Å². The van der Waals surface area contributed by atoms with Crippen molar-refractivity contribution in [3.63, 3.8) is 0 Å². The van der Waals surface area contributed by atoms with Gasteiger partial charge < -0.3 is 0 Å². The normalized spacial score (nSPS) is 13.2. The standard InChI is InChI=1S/C14H25NP/c1-11(2)15-10-8-7-9-13(15)14(5,6)16-12(3)4/h7-12,16H,1-6H3/q+1. The number of nitrogens with zero attached hydrogens (tertiary/aromatic N) is 1. The van der Waals surface area contributed by atoms with Crippen molar-refractivity contribution in [2.75, 3.05) is 0 Å². The number of aromatic nitrogens is 1. The SMILES string of the molecule is CC(C)PC(C)(C)c1cccc[n+]1C(C)C. The minimum atomic E-state index is 0.277. The topological polar surface area (TPSA) is 3.88 Å². The van der Waals surface area contributed by atoms with Crippen LogP contribution in [0.3, 0.4) is 0 Å². The van der Waals surface area contributed by atoms with E-state index in [-0.39, 0.29) is 5.16 Å². The molecule has 0 spiro atoms. The third-order valence-corrected chi connectivity index (χ3v) is 4.29. The molecule has 1 aromatic heterocycles. The van der Waals surface area contributed by atoms with E-state index in [1.807, 2.05) is 0 Å². The molecule has 1 heterocycles. The summed E-state index contributed by atoms with van der Waals surface area (Å²) in [6, 6.07) is 7.08. The summed E-state index contributed by atoms with van der Waals surface area (Å²) in [5.74, 6) is 0. The Labute approximate surface area is 102 Å². The zero-order chi connectivity index (χ0) is 12.3. The van der Waals surface area contributed by atoms with Crippen molar-refractivity contribution in [2.45, 2.75) is 58.4 Å². The summed E-state index contributed by atoms with van der Waals surface area (Å²) in [4.78, 5) is 0. The highest BCUT2D eigenvalue weighted by Gasteiger charge is 2.31. The van der Waals surface area contributed by atoms with Gasteiger partial charge in [0.2, 0.25) is 0 Å². The van der Waals surface area contributed by atoms with E-state index in [1.165, 1.54) is 5.69 Å². The van der Waals surface area contributed by atoms with Gasteiger partial charge in [0, 0.05) is 12.1 Å². The molecule has 90 valence electrons. The van der Waals surface area contributed by atoms with E-state index in [9.17, 15) is 0 Å². The number of hydrogen-bond donors (Lipinski definition) is 0. The minimum Gasteiger partial charge on any atom is -0.200 e. The molecule has 1 unspecified atom stereocenters. The maximum Gasteiger partial charge on any atom is 0.191 e. The fourth-order valence-corrected chi connectivity index (χ4v) is 4.04. The first kappa shape index (κ1) is 13.6. The summed E-state index contributed by atoms with van der Waals surface area (Å²) in [6.07, 6.45) is 2.20. The molecule has 0 fully saturated rings. The zero-order valence-electron chi connectivity index (χ0n) is 11.4. The van der Waals surface area contributed by atoms with Gasteiger partial charge in [0.25, 0.3) is 0 Å². The molecule has 0 N–H and O–H groups in total. The molecule has 0 saturated heterocycles. The first-order valence-electron chi connectivity index (χ1n) is 6.13. The van der Waals surface area contributed by atoms with Crippen molar-refractivity contribution in [2.24, 2.45) is 0 Å². The van der Waals surface area contributed by atoms with Crippen molar-refractivity contribution in [3.05, 3.63) is 30.1 Å². The molecule has 1 rings (SSSR count). The number of hydrogen-bond acceptors (Lipinski definition) is 0. The van der Waals surface area contributed by atoms with Crippen LogP contribution in [-0.4, -0.2) is 5.66 Å². The quantitative estimate of drug-likeness (QED) is 0.553. The molecule has 1 nitrogen and oxygen atoms in total. The maximum atomic E-state index is 2.40. The van der Waals surface area contributed by atoms with E-state index < -0.39 is 0 Å². The molecular formula is C14H25NP+. The molecule has 0 aliphatic rings. The van der Waals surface area contributed by atoms with Gasteiger partial charge >= 0.3 is 0 Å². The Morgan fingerprint density at radius 3 is 2.25 bits per heavy atom. The smallest absolute Gasteiger partial charge is 0.191 e.